The Balaban J connectivity index is 1.81. The number of anilines is 1. The monoisotopic (exact) mass is 317 g/mol. The Bertz CT molecular complexity index is 695. The number of aromatic nitrogens is 1. The zero-order valence-corrected chi connectivity index (χ0v) is 13.6. The second-order valence-corrected chi connectivity index (χ2v) is 6.05. The molecule has 5 heteroatoms. The number of fused-ring (bicyclic) bond motifs is 1. The van der Waals surface area contributed by atoms with Gasteiger partial charge in [0.2, 0.25) is 0 Å². The summed E-state index contributed by atoms with van der Waals surface area (Å²) in [5.74, 6) is 0. The van der Waals surface area contributed by atoms with E-state index in [1.807, 2.05) is 17.0 Å². The molecule has 2 aromatic rings. The lowest BCUT2D eigenvalue weighted by Crippen LogP contribution is -2.44. The molecular weight excluding hydrogens is 298 g/mol. The fourth-order valence-electron chi connectivity index (χ4n) is 3.14. The number of carbonyl (C=O) groups excluding carboxylic acids is 1. The van der Waals surface area contributed by atoms with E-state index < -0.39 is 0 Å². The summed E-state index contributed by atoms with van der Waals surface area (Å²) in [6.07, 6.45) is 0.895. The first-order valence-corrected chi connectivity index (χ1v) is 7.97. The number of halogens is 1. The molecule has 0 saturated heterocycles. The standard InChI is InChI=1S/C17H20ClN3O/c1-3-15-16-8-7-12(2)20(16)9-10-21(15)17(22)19-14-6-4-5-13(18)11-14/h4-8,11,15H,3,9-10H2,1-2H3,(H,19,22)/t15-/m1/s1. The molecule has 2 amide bonds. The highest BCUT2D eigenvalue weighted by Gasteiger charge is 2.30. The summed E-state index contributed by atoms with van der Waals surface area (Å²) in [6.45, 7) is 5.78. The van der Waals surface area contributed by atoms with Crippen molar-refractivity contribution < 1.29 is 4.79 Å². The molecule has 1 aromatic heterocycles. The molecule has 0 spiro atoms. The van der Waals surface area contributed by atoms with Crippen LogP contribution in [0.1, 0.15) is 30.8 Å². The number of urea groups is 1. The number of amides is 2. The third-order valence-electron chi connectivity index (χ3n) is 4.24. The van der Waals surface area contributed by atoms with Crippen LogP contribution in [0.3, 0.4) is 0 Å². The molecule has 22 heavy (non-hydrogen) atoms. The molecule has 0 bridgehead atoms. The average molecular weight is 318 g/mol. The fourth-order valence-corrected chi connectivity index (χ4v) is 3.33. The largest absolute Gasteiger partial charge is 0.345 e. The van der Waals surface area contributed by atoms with Crippen molar-refractivity contribution in [3.05, 3.63) is 52.8 Å². The molecule has 1 aliphatic rings. The summed E-state index contributed by atoms with van der Waals surface area (Å²) >= 11 is 5.97. The van der Waals surface area contributed by atoms with Crippen molar-refractivity contribution >= 4 is 23.3 Å². The van der Waals surface area contributed by atoms with Gasteiger partial charge in [-0.2, -0.15) is 0 Å². The van der Waals surface area contributed by atoms with Crippen LogP contribution in [0.4, 0.5) is 10.5 Å². The number of hydrogen-bond acceptors (Lipinski definition) is 1. The number of benzene rings is 1. The normalized spacial score (nSPS) is 17.2. The topological polar surface area (TPSA) is 37.3 Å². The van der Waals surface area contributed by atoms with E-state index in [0.717, 1.165) is 18.7 Å². The molecule has 1 atom stereocenters. The van der Waals surface area contributed by atoms with Gasteiger partial charge in [0.25, 0.3) is 0 Å². The van der Waals surface area contributed by atoms with Gasteiger partial charge in [0.1, 0.15) is 0 Å². The Morgan fingerprint density at radius 1 is 1.32 bits per heavy atom. The van der Waals surface area contributed by atoms with Crippen molar-refractivity contribution in [2.24, 2.45) is 0 Å². The molecule has 1 N–H and O–H groups in total. The van der Waals surface area contributed by atoms with E-state index in [4.69, 9.17) is 11.6 Å². The number of rotatable bonds is 2. The zero-order valence-electron chi connectivity index (χ0n) is 12.8. The third-order valence-corrected chi connectivity index (χ3v) is 4.47. The van der Waals surface area contributed by atoms with Crippen LogP contribution in [-0.4, -0.2) is 22.0 Å². The first kappa shape index (κ1) is 15.0. The zero-order chi connectivity index (χ0) is 15.7. The number of carbonyl (C=O) groups is 1. The lowest BCUT2D eigenvalue weighted by atomic mass is 10.1. The molecule has 1 aliphatic heterocycles. The van der Waals surface area contributed by atoms with E-state index in [2.05, 4.69) is 35.9 Å². The molecule has 3 rings (SSSR count). The molecule has 0 fully saturated rings. The van der Waals surface area contributed by atoms with E-state index in [1.165, 1.54) is 11.4 Å². The highest BCUT2D eigenvalue weighted by Crippen LogP contribution is 2.30. The van der Waals surface area contributed by atoms with Crippen LogP contribution < -0.4 is 5.32 Å². The van der Waals surface area contributed by atoms with Crippen molar-refractivity contribution in [1.82, 2.24) is 9.47 Å². The molecule has 0 radical (unpaired) electrons. The SMILES string of the molecule is CC[C@@H]1c2ccc(C)n2CCN1C(=O)Nc1cccc(Cl)c1. The Hall–Kier alpha value is -1.94. The lowest BCUT2D eigenvalue weighted by Gasteiger charge is -2.37. The van der Waals surface area contributed by atoms with Gasteiger partial charge in [-0.05, 0) is 43.7 Å². The van der Waals surface area contributed by atoms with E-state index >= 15 is 0 Å². The van der Waals surface area contributed by atoms with E-state index in [1.54, 1.807) is 12.1 Å². The molecule has 116 valence electrons. The van der Waals surface area contributed by atoms with Crippen LogP contribution in [0, 0.1) is 6.92 Å². The Kier molecular flexibility index (Phi) is 4.12. The minimum absolute atomic E-state index is 0.0702. The summed E-state index contributed by atoms with van der Waals surface area (Å²) in [5, 5.41) is 3.57. The summed E-state index contributed by atoms with van der Waals surface area (Å²) in [4.78, 5) is 14.5. The van der Waals surface area contributed by atoms with Gasteiger partial charge in [-0.25, -0.2) is 4.79 Å². The summed E-state index contributed by atoms with van der Waals surface area (Å²) < 4.78 is 2.30. The van der Waals surface area contributed by atoms with Crippen LogP contribution in [0.15, 0.2) is 36.4 Å². The first-order chi connectivity index (χ1) is 10.6. The first-order valence-electron chi connectivity index (χ1n) is 7.59. The van der Waals surface area contributed by atoms with Crippen LogP contribution in [-0.2, 0) is 6.54 Å². The van der Waals surface area contributed by atoms with Gasteiger partial charge < -0.3 is 14.8 Å². The highest BCUT2D eigenvalue weighted by molar-refractivity contribution is 6.30. The Labute approximate surface area is 135 Å². The molecule has 0 aliphatic carbocycles. The van der Waals surface area contributed by atoms with Crippen LogP contribution in [0.25, 0.3) is 0 Å². The smallest absolute Gasteiger partial charge is 0.322 e. The van der Waals surface area contributed by atoms with Crippen LogP contribution >= 0.6 is 11.6 Å². The van der Waals surface area contributed by atoms with Crippen LogP contribution in [0.5, 0.6) is 0 Å². The van der Waals surface area contributed by atoms with E-state index in [-0.39, 0.29) is 12.1 Å². The minimum atomic E-state index is -0.0702. The molecule has 2 heterocycles. The average Bonchev–Trinajstić information content (AvgIpc) is 2.88. The summed E-state index contributed by atoms with van der Waals surface area (Å²) in [5.41, 5.74) is 3.19. The van der Waals surface area contributed by atoms with Gasteiger partial charge in [-0.3, -0.25) is 0 Å². The van der Waals surface area contributed by atoms with Gasteiger partial charge in [-0.1, -0.05) is 24.6 Å². The Morgan fingerprint density at radius 2 is 2.14 bits per heavy atom. The van der Waals surface area contributed by atoms with Gasteiger partial charge in [0.05, 0.1) is 6.04 Å². The maximum absolute atomic E-state index is 12.6. The predicted octanol–water partition coefficient (Wildman–Crippen LogP) is 4.45. The molecular formula is C17H20ClN3O. The van der Waals surface area contributed by atoms with Crippen LogP contribution in [0.2, 0.25) is 5.02 Å². The molecule has 0 unspecified atom stereocenters. The maximum atomic E-state index is 12.6. The van der Waals surface area contributed by atoms with Crippen molar-refractivity contribution in [2.45, 2.75) is 32.9 Å². The molecule has 1 aromatic carbocycles. The van der Waals surface area contributed by atoms with Gasteiger partial charge in [-0.15, -0.1) is 0 Å². The van der Waals surface area contributed by atoms with Crippen molar-refractivity contribution in [1.29, 1.82) is 0 Å². The van der Waals surface area contributed by atoms with E-state index in [9.17, 15) is 4.79 Å². The molecule has 4 nitrogen and oxygen atoms in total. The predicted molar refractivity (Wildman–Crippen MR) is 89.4 cm³/mol. The Morgan fingerprint density at radius 3 is 2.86 bits per heavy atom. The number of aryl methyl sites for hydroxylation is 1. The van der Waals surface area contributed by atoms with Gasteiger partial charge in [0.15, 0.2) is 0 Å². The second-order valence-electron chi connectivity index (χ2n) is 5.61. The fraction of sp³-hybridized carbons (Fsp3) is 0.353. The third kappa shape index (κ3) is 2.71. The summed E-state index contributed by atoms with van der Waals surface area (Å²) in [7, 11) is 0. The number of nitrogens with zero attached hydrogens (tertiary/aromatic N) is 2. The van der Waals surface area contributed by atoms with Crippen molar-refractivity contribution in [3.63, 3.8) is 0 Å². The minimum Gasteiger partial charge on any atom is -0.345 e. The van der Waals surface area contributed by atoms with Gasteiger partial charge in [0, 0.05) is 35.2 Å². The maximum Gasteiger partial charge on any atom is 0.322 e. The second kappa shape index (κ2) is 6.05. The number of nitrogens with one attached hydrogen (secondary N) is 1. The molecule has 0 saturated carbocycles. The van der Waals surface area contributed by atoms with E-state index in [0.29, 0.717) is 11.6 Å². The van der Waals surface area contributed by atoms with Crippen molar-refractivity contribution in [3.8, 4) is 0 Å². The quantitative estimate of drug-likeness (QED) is 0.873. The summed E-state index contributed by atoms with van der Waals surface area (Å²) in [6, 6.07) is 11.5. The number of hydrogen-bond donors (Lipinski definition) is 1. The highest BCUT2D eigenvalue weighted by atomic mass is 35.5. The van der Waals surface area contributed by atoms with Crippen molar-refractivity contribution in [2.75, 3.05) is 11.9 Å². The van der Waals surface area contributed by atoms with Gasteiger partial charge >= 0.3 is 6.03 Å². The lowest BCUT2D eigenvalue weighted by molar-refractivity contribution is 0.165.